The number of rotatable bonds is 11. The smallest absolute Gasteiger partial charge is 0.0587 e. The Morgan fingerprint density at radius 3 is 2.48 bits per heavy atom. The molecule has 1 atom stereocenters. The van der Waals surface area contributed by atoms with E-state index in [-0.39, 0.29) is 0 Å². The van der Waals surface area contributed by atoms with Gasteiger partial charge in [-0.25, -0.2) is 0 Å². The first kappa shape index (κ1) is 18.0. The van der Waals surface area contributed by atoms with Crippen LogP contribution in [0, 0.1) is 0 Å². The second kappa shape index (κ2) is 10.6. The maximum absolute atomic E-state index is 5.04. The van der Waals surface area contributed by atoms with E-state index in [0.717, 1.165) is 26.2 Å². The lowest BCUT2D eigenvalue weighted by Crippen LogP contribution is -2.33. The van der Waals surface area contributed by atoms with E-state index in [1.165, 1.54) is 30.5 Å². The van der Waals surface area contributed by atoms with Crippen LogP contribution in [0.4, 0.5) is 5.69 Å². The SMILES string of the molecule is CCCCN(c1ccc(CNCCOC)cc1)C(C)CC. The zero-order valence-corrected chi connectivity index (χ0v) is 14.2. The van der Waals surface area contributed by atoms with Crippen LogP contribution in [0.15, 0.2) is 24.3 Å². The van der Waals surface area contributed by atoms with Crippen LogP contribution < -0.4 is 10.2 Å². The van der Waals surface area contributed by atoms with Crippen LogP contribution in [0.5, 0.6) is 0 Å². The van der Waals surface area contributed by atoms with Gasteiger partial charge in [0.05, 0.1) is 6.61 Å². The topological polar surface area (TPSA) is 24.5 Å². The van der Waals surface area contributed by atoms with Crippen LogP contribution in [0.25, 0.3) is 0 Å². The molecule has 3 heteroatoms. The van der Waals surface area contributed by atoms with Gasteiger partial charge in [0.2, 0.25) is 0 Å². The highest BCUT2D eigenvalue weighted by atomic mass is 16.5. The molecule has 1 N–H and O–H groups in total. The summed E-state index contributed by atoms with van der Waals surface area (Å²) in [6, 6.07) is 9.58. The molecule has 0 aromatic heterocycles. The molecule has 120 valence electrons. The van der Waals surface area contributed by atoms with E-state index < -0.39 is 0 Å². The third kappa shape index (κ3) is 6.49. The maximum Gasteiger partial charge on any atom is 0.0587 e. The molecule has 0 aliphatic carbocycles. The van der Waals surface area contributed by atoms with Gasteiger partial charge in [-0.1, -0.05) is 32.4 Å². The summed E-state index contributed by atoms with van der Waals surface area (Å²) in [5, 5.41) is 3.38. The summed E-state index contributed by atoms with van der Waals surface area (Å²) in [4.78, 5) is 2.53. The Labute approximate surface area is 130 Å². The number of nitrogens with one attached hydrogen (secondary N) is 1. The number of benzene rings is 1. The normalized spacial score (nSPS) is 12.4. The van der Waals surface area contributed by atoms with Gasteiger partial charge in [0.25, 0.3) is 0 Å². The third-order valence-corrected chi connectivity index (χ3v) is 3.96. The summed E-state index contributed by atoms with van der Waals surface area (Å²) in [6.45, 7) is 10.5. The van der Waals surface area contributed by atoms with Crippen molar-refractivity contribution in [1.82, 2.24) is 5.32 Å². The predicted molar refractivity (Wildman–Crippen MR) is 92.0 cm³/mol. The summed E-state index contributed by atoms with van der Waals surface area (Å²) in [5.41, 5.74) is 2.67. The number of ether oxygens (including phenoxy) is 1. The first-order valence-electron chi connectivity index (χ1n) is 8.28. The minimum absolute atomic E-state index is 0.599. The van der Waals surface area contributed by atoms with Gasteiger partial charge < -0.3 is 15.0 Å². The van der Waals surface area contributed by atoms with E-state index in [1.54, 1.807) is 7.11 Å². The fraction of sp³-hybridized carbons (Fsp3) is 0.667. The first-order valence-corrected chi connectivity index (χ1v) is 8.28. The van der Waals surface area contributed by atoms with Crippen molar-refractivity contribution in [2.75, 3.05) is 31.7 Å². The van der Waals surface area contributed by atoms with Crippen LogP contribution in [-0.4, -0.2) is 32.8 Å². The number of methoxy groups -OCH3 is 1. The van der Waals surface area contributed by atoms with Crippen molar-refractivity contribution < 1.29 is 4.74 Å². The van der Waals surface area contributed by atoms with Crippen LogP contribution in [-0.2, 0) is 11.3 Å². The molecule has 1 aromatic carbocycles. The Morgan fingerprint density at radius 2 is 1.90 bits per heavy atom. The highest BCUT2D eigenvalue weighted by molar-refractivity contribution is 5.48. The van der Waals surface area contributed by atoms with Crippen LogP contribution in [0.1, 0.15) is 45.6 Å². The Hall–Kier alpha value is -1.06. The second-order valence-electron chi connectivity index (χ2n) is 5.64. The van der Waals surface area contributed by atoms with Gasteiger partial charge in [0.15, 0.2) is 0 Å². The van der Waals surface area contributed by atoms with Crippen LogP contribution >= 0.6 is 0 Å². The number of nitrogens with zero attached hydrogens (tertiary/aromatic N) is 1. The average Bonchev–Trinajstić information content (AvgIpc) is 2.53. The molecule has 0 spiro atoms. The lowest BCUT2D eigenvalue weighted by Gasteiger charge is -2.31. The fourth-order valence-electron chi connectivity index (χ4n) is 2.37. The van der Waals surface area contributed by atoms with Gasteiger partial charge in [0.1, 0.15) is 0 Å². The average molecular weight is 292 g/mol. The predicted octanol–water partition coefficient (Wildman–Crippen LogP) is 3.83. The summed E-state index contributed by atoms with van der Waals surface area (Å²) >= 11 is 0. The van der Waals surface area contributed by atoms with Gasteiger partial charge in [-0.3, -0.25) is 0 Å². The molecule has 1 unspecified atom stereocenters. The third-order valence-electron chi connectivity index (χ3n) is 3.96. The van der Waals surface area contributed by atoms with Gasteiger partial charge in [-0.05, 0) is 37.5 Å². The molecule has 0 heterocycles. The fourth-order valence-corrected chi connectivity index (χ4v) is 2.37. The minimum Gasteiger partial charge on any atom is -0.383 e. The minimum atomic E-state index is 0.599. The molecule has 21 heavy (non-hydrogen) atoms. The van der Waals surface area contributed by atoms with Crippen LogP contribution in [0.2, 0.25) is 0 Å². The van der Waals surface area contributed by atoms with Crippen molar-refractivity contribution in [1.29, 1.82) is 0 Å². The molecular weight excluding hydrogens is 260 g/mol. The Morgan fingerprint density at radius 1 is 1.19 bits per heavy atom. The van der Waals surface area contributed by atoms with Gasteiger partial charge in [0, 0.05) is 38.5 Å². The molecule has 0 aliphatic rings. The van der Waals surface area contributed by atoms with Gasteiger partial charge in [-0.2, -0.15) is 0 Å². The number of hydrogen-bond acceptors (Lipinski definition) is 3. The van der Waals surface area contributed by atoms with E-state index in [9.17, 15) is 0 Å². The molecule has 0 radical (unpaired) electrons. The molecule has 0 aliphatic heterocycles. The summed E-state index contributed by atoms with van der Waals surface area (Å²) < 4.78 is 5.04. The molecule has 3 nitrogen and oxygen atoms in total. The molecule has 1 aromatic rings. The highest BCUT2D eigenvalue weighted by Crippen LogP contribution is 2.20. The Balaban J connectivity index is 2.59. The molecule has 1 rings (SSSR count). The summed E-state index contributed by atoms with van der Waals surface area (Å²) in [6.07, 6.45) is 3.68. The Bertz CT molecular complexity index is 364. The first-order chi connectivity index (χ1) is 10.2. The monoisotopic (exact) mass is 292 g/mol. The van der Waals surface area contributed by atoms with E-state index in [0.29, 0.717) is 6.04 Å². The zero-order chi connectivity index (χ0) is 15.5. The van der Waals surface area contributed by atoms with Gasteiger partial charge in [-0.15, -0.1) is 0 Å². The molecular formula is C18H32N2O. The zero-order valence-electron chi connectivity index (χ0n) is 14.2. The quantitative estimate of drug-likeness (QED) is 0.627. The van der Waals surface area contributed by atoms with Crippen molar-refractivity contribution in [3.63, 3.8) is 0 Å². The summed E-state index contributed by atoms with van der Waals surface area (Å²) in [7, 11) is 1.73. The lowest BCUT2D eigenvalue weighted by molar-refractivity contribution is 0.199. The molecule has 0 amide bonds. The van der Waals surface area contributed by atoms with Crippen molar-refractivity contribution in [2.24, 2.45) is 0 Å². The van der Waals surface area contributed by atoms with E-state index in [1.807, 2.05) is 0 Å². The standard InChI is InChI=1S/C18H32N2O/c1-5-7-13-20(16(3)6-2)18-10-8-17(9-11-18)15-19-12-14-21-4/h8-11,16,19H,5-7,12-15H2,1-4H3. The van der Waals surface area contributed by atoms with Crippen molar-refractivity contribution in [3.05, 3.63) is 29.8 Å². The lowest BCUT2D eigenvalue weighted by atomic mass is 10.1. The molecule has 0 fully saturated rings. The van der Waals surface area contributed by atoms with Crippen molar-refractivity contribution in [3.8, 4) is 0 Å². The van der Waals surface area contributed by atoms with Crippen molar-refractivity contribution in [2.45, 2.75) is 52.6 Å². The number of anilines is 1. The van der Waals surface area contributed by atoms with E-state index >= 15 is 0 Å². The molecule has 0 saturated heterocycles. The Kier molecular flexibility index (Phi) is 9.11. The number of unbranched alkanes of at least 4 members (excludes halogenated alkanes) is 1. The number of hydrogen-bond donors (Lipinski definition) is 1. The highest BCUT2D eigenvalue weighted by Gasteiger charge is 2.12. The van der Waals surface area contributed by atoms with Crippen LogP contribution in [0.3, 0.4) is 0 Å². The molecule has 0 bridgehead atoms. The van der Waals surface area contributed by atoms with Crippen molar-refractivity contribution >= 4 is 5.69 Å². The maximum atomic E-state index is 5.04. The summed E-state index contributed by atoms with van der Waals surface area (Å²) in [5.74, 6) is 0. The second-order valence-corrected chi connectivity index (χ2v) is 5.64. The largest absolute Gasteiger partial charge is 0.383 e. The van der Waals surface area contributed by atoms with E-state index in [2.05, 4.69) is 55.3 Å². The van der Waals surface area contributed by atoms with E-state index in [4.69, 9.17) is 4.74 Å². The molecule has 0 saturated carbocycles. The van der Waals surface area contributed by atoms with Gasteiger partial charge >= 0.3 is 0 Å².